The lowest BCUT2D eigenvalue weighted by atomic mass is 9.96. The van der Waals surface area contributed by atoms with Crippen LogP contribution in [-0.4, -0.2) is 26.7 Å². The van der Waals surface area contributed by atoms with Crippen LogP contribution in [0.4, 0.5) is 0 Å². The van der Waals surface area contributed by atoms with Crippen LogP contribution in [0.1, 0.15) is 22.9 Å². The standard InChI is InChI=1S/C21H15BrN2O4/c22-15-7-5-13(6-8-15)19(25)17-18(14-3-1-9-23-11-14)24(21(27)20(17)26)12-16-4-2-10-28-16/h1-11,18,25H,12H2/b19-17+. The number of aliphatic hydroxyl groups is 1. The number of benzene rings is 1. The summed E-state index contributed by atoms with van der Waals surface area (Å²) in [7, 11) is 0. The Morgan fingerprint density at radius 1 is 1.14 bits per heavy atom. The summed E-state index contributed by atoms with van der Waals surface area (Å²) < 4.78 is 6.19. The third-order valence-electron chi connectivity index (χ3n) is 4.56. The van der Waals surface area contributed by atoms with Gasteiger partial charge in [0.1, 0.15) is 11.5 Å². The fourth-order valence-corrected chi connectivity index (χ4v) is 3.53. The molecule has 2 aromatic heterocycles. The molecule has 0 saturated carbocycles. The lowest BCUT2D eigenvalue weighted by Gasteiger charge is -2.24. The predicted molar refractivity (Wildman–Crippen MR) is 105 cm³/mol. The Balaban J connectivity index is 1.85. The van der Waals surface area contributed by atoms with E-state index < -0.39 is 17.7 Å². The molecule has 1 unspecified atom stereocenters. The van der Waals surface area contributed by atoms with Gasteiger partial charge >= 0.3 is 0 Å². The normalized spacial score (nSPS) is 18.6. The fraction of sp³-hybridized carbons (Fsp3) is 0.0952. The number of Topliss-reactive ketones (excluding diaryl/α,β-unsaturated/α-hetero) is 1. The first-order valence-corrected chi connectivity index (χ1v) is 9.32. The average molecular weight is 439 g/mol. The van der Waals surface area contributed by atoms with Crippen molar-refractivity contribution in [1.82, 2.24) is 9.88 Å². The second-order valence-electron chi connectivity index (χ2n) is 6.30. The molecule has 1 fully saturated rings. The third kappa shape index (κ3) is 3.25. The highest BCUT2D eigenvalue weighted by Crippen LogP contribution is 2.40. The number of hydrogen-bond acceptors (Lipinski definition) is 5. The Morgan fingerprint density at radius 2 is 1.93 bits per heavy atom. The molecule has 4 rings (SSSR count). The first-order valence-electron chi connectivity index (χ1n) is 8.53. The van der Waals surface area contributed by atoms with Crippen molar-refractivity contribution in [3.63, 3.8) is 0 Å². The summed E-state index contributed by atoms with van der Waals surface area (Å²) >= 11 is 3.35. The Bertz CT molecular complexity index is 1040. The van der Waals surface area contributed by atoms with Gasteiger partial charge in [0.25, 0.3) is 11.7 Å². The van der Waals surface area contributed by atoms with Crippen LogP contribution in [0, 0.1) is 0 Å². The third-order valence-corrected chi connectivity index (χ3v) is 5.09. The summed E-state index contributed by atoms with van der Waals surface area (Å²) in [6.45, 7) is 0.105. The molecule has 1 saturated heterocycles. The molecule has 1 amide bonds. The van der Waals surface area contributed by atoms with Crippen LogP contribution in [0.2, 0.25) is 0 Å². The number of carbonyl (C=O) groups excluding carboxylic acids is 2. The highest BCUT2D eigenvalue weighted by molar-refractivity contribution is 9.10. The smallest absolute Gasteiger partial charge is 0.296 e. The van der Waals surface area contributed by atoms with Gasteiger partial charge < -0.3 is 14.4 Å². The number of hydrogen-bond donors (Lipinski definition) is 1. The van der Waals surface area contributed by atoms with Crippen LogP contribution in [0.5, 0.6) is 0 Å². The lowest BCUT2D eigenvalue weighted by Crippen LogP contribution is -2.29. The second kappa shape index (κ2) is 7.44. The average Bonchev–Trinajstić information content (AvgIpc) is 3.31. The van der Waals surface area contributed by atoms with Crippen LogP contribution in [-0.2, 0) is 16.1 Å². The van der Waals surface area contributed by atoms with Crippen LogP contribution in [0.3, 0.4) is 0 Å². The van der Waals surface area contributed by atoms with E-state index in [1.54, 1.807) is 60.9 Å². The summed E-state index contributed by atoms with van der Waals surface area (Å²) in [5, 5.41) is 10.9. The zero-order valence-electron chi connectivity index (χ0n) is 14.6. The number of rotatable bonds is 4. The Labute approximate surface area is 169 Å². The van der Waals surface area contributed by atoms with Gasteiger partial charge in [0.05, 0.1) is 24.4 Å². The van der Waals surface area contributed by atoms with E-state index in [9.17, 15) is 14.7 Å². The van der Waals surface area contributed by atoms with Crippen molar-refractivity contribution in [2.24, 2.45) is 0 Å². The molecule has 1 aromatic carbocycles. The van der Waals surface area contributed by atoms with Gasteiger partial charge in [0, 0.05) is 22.4 Å². The SMILES string of the molecule is O=C1C(=O)N(Cc2ccco2)C(c2cccnc2)/C1=C(\O)c1ccc(Br)cc1. The number of amides is 1. The molecule has 3 heterocycles. The molecule has 0 aliphatic carbocycles. The van der Waals surface area contributed by atoms with Crippen LogP contribution in [0.25, 0.3) is 5.76 Å². The van der Waals surface area contributed by atoms with Gasteiger partial charge in [-0.15, -0.1) is 0 Å². The number of furan rings is 1. The maximum Gasteiger partial charge on any atom is 0.296 e. The van der Waals surface area contributed by atoms with E-state index in [4.69, 9.17) is 4.42 Å². The van der Waals surface area contributed by atoms with Gasteiger partial charge in [0.2, 0.25) is 0 Å². The van der Waals surface area contributed by atoms with Gasteiger partial charge in [-0.25, -0.2) is 0 Å². The van der Waals surface area contributed by atoms with Crippen molar-refractivity contribution in [3.05, 3.63) is 94.1 Å². The maximum absolute atomic E-state index is 12.8. The quantitative estimate of drug-likeness (QED) is 0.377. The Hall–Kier alpha value is -3.19. The predicted octanol–water partition coefficient (Wildman–Crippen LogP) is 4.06. The molecule has 140 valence electrons. The Kier molecular flexibility index (Phi) is 4.83. The molecule has 3 aromatic rings. The van der Waals surface area contributed by atoms with Gasteiger partial charge in [-0.1, -0.05) is 34.1 Å². The molecule has 7 heteroatoms. The minimum atomic E-state index is -0.762. The van der Waals surface area contributed by atoms with Crippen molar-refractivity contribution in [2.75, 3.05) is 0 Å². The topological polar surface area (TPSA) is 83.6 Å². The summed E-state index contributed by atoms with van der Waals surface area (Å²) in [6, 6.07) is 13.1. The molecule has 1 N–H and O–H groups in total. The number of aliphatic hydroxyl groups excluding tert-OH is 1. The molecule has 6 nitrogen and oxygen atoms in total. The fourth-order valence-electron chi connectivity index (χ4n) is 3.26. The van der Waals surface area contributed by atoms with E-state index in [1.165, 1.54) is 11.2 Å². The minimum Gasteiger partial charge on any atom is -0.507 e. The highest BCUT2D eigenvalue weighted by atomic mass is 79.9. The first-order chi connectivity index (χ1) is 13.6. The zero-order chi connectivity index (χ0) is 19.7. The van der Waals surface area contributed by atoms with Crippen molar-refractivity contribution >= 4 is 33.4 Å². The van der Waals surface area contributed by atoms with E-state index in [2.05, 4.69) is 20.9 Å². The Morgan fingerprint density at radius 3 is 2.57 bits per heavy atom. The largest absolute Gasteiger partial charge is 0.507 e. The molecule has 1 aliphatic heterocycles. The van der Waals surface area contributed by atoms with Gasteiger partial charge in [-0.05, 0) is 35.9 Å². The molecule has 1 atom stereocenters. The number of likely N-dealkylation sites (tertiary alicyclic amines) is 1. The number of pyridine rings is 1. The van der Waals surface area contributed by atoms with Crippen LogP contribution >= 0.6 is 15.9 Å². The molecule has 0 spiro atoms. The van der Waals surface area contributed by atoms with E-state index in [1.807, 2.05) is 0 Å². The number of carbonyl (C=O) groups is 2. The molecule has 0 radical (unpaired) electrons. The van der Waals surface area contributed by atoms with Crippen LogP contribution in [0.15, 0.2) is 81.7 Å². The number of aromatic nitrogens is 1. The van der Waals surface area contributed by atoms with Crippen molar-refractivity contribution in [3.8, 4) is 0 Å². The number of nitrogens with zero attached hydrogens (tertiary/aromatic N) is 2. The van der Waals surface area contributed by atoms with Gasteiger partial charge in [0.15, 0.2) is 0 Å². The highest BCUT2D eigenvalue weighted by Gasteiger charge is 2.46. The minimum absolute atomic E-state index is 0.0341. The van der Waals surface area contributed by atoms with E-state index >= 15 is 0 Å². The molecule has 0 bridgehead atoms. The van der Waals surface area contributed by atoms with Crippen molar-refractivity contribution < 1.29 is 19.1 Å². The van der Waals surface area contributed by atoms with E-state index in [0.717, 1.165) is 4.47 Å². The summed E-state index contributed by atoms with van der Waals surface area (Å²) in [5.41, 5.74) is 1.12. The molecule has 1 aliphatic rings. The first kappa shape index (κ1) is 18.2. The molecular formula is C21H15BrN2O4. The summed E-state index contributed by atoms with van der Waals surface area (Å²) in [5.74, 6) is -1.11. The summed E-state index contributed by atoms with van der Waals surface area (Å²) in [6.07, 6.45) is 4.70. The second-order valence-corrected chi connectivity index (χ2v) is 7.22. The van der Waals surface area contributed by atoms with Gasteiger partial charge in [-0.2, -0.15) is 0 Å². The maximum atomic E-state index is 12.8. The van der Waals surface area contributed by atoms with E-state index in [-0.39, 0.29) is 17.9 Å². The molecule has 28 heavy (non-hydrogen) atoms. The van der Waals surface area contributed by atoms with Crippen LogP contribution < -0.4 is 0 Å². The van der Waals surface area contributed by atoms with Gasteiger partial charge in [-0.3, -0.25) is 14.6 Å². The van der Waals surface area contributed by atoms with E-state index in [0.29, 0.717) is 16.9 Å². The number of halogens is 1. The zero-order valence-corrected chi connectivity index (χ0v) is 16.2. The molecular weight excluding hydrogens is 424 g/mol. The summed E-state index contributed by atoms with van der Waals surface area (Å²) in [4.78, 5) is 31.1. The van der Waals surface area contributed by atoms with Crippen molar-refractivity contribution in [1.29, 1.82) is 0 Å². The number of ketones is 1. The monoisotopic (exact) mass is 438 g/mol. The van der Waals surface area contributed by atoms with Crippen molar-refractivity contribution in [2.45, 2.75) is 12.6 Å². The lowest BCUT2D eigenvalue weighted by molar-refractivity contribution is -0.140.